The van der Waals surface area contributed by atoms with Crippen molar-refractivity contribution in [2.45, 2.75) is 0 Å². The smallest absolute Gasteiger partial charge is 0.0541 e. The van der Waals surface area contributed by atoms with E-state index in [-0.39, 0.29) is 0 Å². The standard InChI is InChI=1S/C72H48N2/c1-3-15-49(16-4-1)51-35-39-63(40-36-51)73-69-29-9-7-27-65(69)67-47-61(37-41-71(67)73)62-38-42-72-68(48-62)66-28-8-10-30-70(66)74(72)64-26-14-25-60(46-64)53-33-31-52(32-34-53)55-20-12-22-57(44-55)59-24-13-23-58(45-59)56-21-11-19-54(43-56)50-17-5-2-6-18-50/h1-48H. The van der Waals surface area contributed by atoms with E-state index in [1.165, 1.54) is 122 Å². The summed E-state index contributed by atoms with van der Waals surface area (Å²) in [5.74, 6) is 0. The van der Waals surface area contributed by atoms with E-state index < -0.39 is 0 Å². The van der Waals surface area contributed by atoms with Gasteiger partial charge in [0.2, 0.25) is 0 Å². The summed E-state index contributed by atoms with van der Waals surface area (Å²) in [7, 11) is 0. The number of hydrogen-bond donors (Lipinski definition) is 0. The highest BCUT2D eigenvalue weighted by atomic mass is 15.0. The Kier molecular flexibility index (Phi) is 10.6. The van der Waals surface area contributed by atoms with Crippen molar-refractivity contribution in [1.82, 2.24) is 9.13 Å². The third-order valence-electron chi connectivity index (χ3n) is 14.9. The van der Waals surface area contributed by atoms with E-state index in [1.807, 2.05) is 0 Å². The Hall–Kier alpha value is -9.76. The molecule has 0 amide bonds. The van der Waals surface area contributed by atoms with Crippen molar-refractivity contribution in [1.29, 1.82) is 0 Å². The van der Waals surface area contributed by atoms with Crippen LogP contribution in [-0.2, 0) is 0 Å². The molecule has 74 heavy (non-hydrogen) atoms. The molecule has 2 heterocycles. The van der Waals surface area contributed by atoms with E-state index in [4.69, 9.17) is 0 Å². The van der Waals surface area contributed by atoms with Gasteiger partial charge in [-0.1, -0.05) is 212 Å². The van der Waals surface area contributed by atoms with Crippen molar-refractivity contribution >= 4 is 43.6 Å². The van der Waals surface area contributed by atoms with Gasteiger partial charge in [-0.15, -0.1) is 0 Å². The summed E-state index contributed by atoms with van der Waals surface area (Å²) in [5, 5.41) is 4.97. The molecule has 0 saturated carbocycles. The normalized spacial score (nSPS) is 11.5. The number of rotatable bonds is 9. The van der Waals surface area contributed by atoms with Crippen LogP contribution in [0, 0.1) is 0 Å². The maximum absolute atomic E-state index is 2.42. The van der Waals surface area contributed by atoms with E-state index in [2.05, 4.69) is 300 Å². The van der Waals surface area contributed by atoms with Crippen LogP contribution in [0.4, 0.5) is 0 Å². The van der Waals surface area contributed by atoms with E-state index in [9.17, 15) is 0 Å². The highest BCUT2D eigenvalue weighted by molar-refractivity contribution is 6.13. The molecule has 2 aromatic heterocycles. The fourth-order valence-corrected chi connectivity index (χ4v) is 11.2. The molecule has 14 aromatic rings. The topological polar surface area (TPSA) is 9.86 Å². The monoisotopic (exact) mass is 940 g/mol. The van der Waals surface area contributed by atoms with Gasteiger partial charge in [0.25, 0.3) is 0 Å². The van der Waals surface area contributed by atoms with E-state index in [0.29, 0.717) is 0 Å². The van der Waals surface area contributed by atoms with Gasteiger partial charge >= 0.3 is 0 Å². The van der Waals surface area contributed by atoms with Gasteiger partial charge in [0.1, 0.15) is 0 Å². The molecule has 0 atom stereocenters. The quantitative estimate of drug-likeness (QED) is 0.136. The van der Waals surface area contributed by atoms with E-state index >= 15 is 0 Å². The second-order valence-corrected chi connectivity index (χ2v) is 19.3. The van der Waals surface area contributed by atoms with Crippen LogP contribution in [0.1, 0.15) is 0 Å². The Morgan fingerprint density at radius 3 is 0.905 bits per heavy atom. The van der Waals surface area contributed by atoms with Crippen LogP contribution in [0.2, 0.25) is 0 Å². The summed E-state index contributed by atoms with van der Waals surface area (Å²) < 4.78 is 4.82. The highest BCUT2D eigenvalue weighted by Crippen LogP contribution is 2.40. The lowest BCUT2D eigenvalue weighted by Gasteiger charge is -2.12. The Morgan fingerprint density at radius 1 is 0.149 bits per heavy atom. The number of benzene rings is 12. The Morgan fingerprint density at radius 2 is 0.432 bits per heavy atom. The highest BCUT2D eigenvalue weighted by Gasteiger charge is 2.17. The summed E-state index contributed by atoms with van der Waals surface area (Å²) in [5.41, 5.74) is 23.9. The summed E-state index contributed by atoms with van der Waals surface area (Å²) in [6.45, 7) is 0. The van der Waals surface area contributed by atoms with Crippen LogP contribution < -0.4 is 0 Å². The molecule has 0 aliphatic rings. The molecule has 14 rings (SSSR count). The Labute approximate surface area is 431 Å². The predicted octanol–water partition coefficient (Wildman–Crippen LogP) is 19.5. The second-order valence-electron chi connectivity index (χ2n) is 19.3. The van der Waals surface area contributed by atoms with E-state index in [1.54, 1.807) is 0 Å². The zero-order valence-electron chi connectivity index (χ0n) is 40.6. The molecular formula is C72H48N2. The molecule has 2 heteroatoms. The molecule has 0 spiro atoms. The number of fused-ring (bicyclic) bond motifs is 6. The molecule has 346 valence electrons. The molecule has 0 N–H and O–H groups in total. The maximum Gasteiger partial charge on any atom is 0.0541 e. The second kappa shape index (κ2) is 18.1. The molecular weight excluding hydrogens is 893 g/mol. The van der Waals surface area contributed by atoms with Gasteiger partial charge in [0.05, 0.1) is 22.1 Å². The first kappa shape index (κ1) is 43.1. The van der Waals surface area contributed by atoms with Crippen LogP contribution in [-0.4, -0.2) is 9.13 Å². The van der Waals surface area contributed by atoms with Gasteiger partial charge < -0.3 is 9.13 Å². The van der Waals surface area contributed by atoms with Gasteiger partial charge in [-0.05, 0) is 157 Å². The Balaban J connectivity index is 0.760. The zero-order valence-corrected chi connectivity index (χ0v) is 40.6. The van der Waals surface area contributed by atoms with Crippen molar-refractivity contribution in [3.63, 3.8) is 0 Å². The van der Waals surface area contributed by atoms with Gasteiger partial charge in [0, 0.05) is 32.9 Å². The predicted molar refractivity (Wildman–Crippen MR) is 313 cm³/mol. The van der Waals surface area contributed by atoms with Crippen molar-refractivity contribution in [2.75, 3.05) is 0 Å². The third-order valence-corrected chi connectivity index (χ3v) is 14.9. The molecule has 2 nitrogen and oxygen atoms in total. The summed E-state index contributed by atoms with van der Waals surface area (Å²) in [6.07, 6.45) is 0. The van der Waals surface area contributed by atoms with E-state index in [0.717, 1.165) is 11.4 Å². The maximum atomic E-state index is 2.42. The van der Waals surface area contributed by atoms with Gasteiger partial charge in [-0.3, -0.25) is 0 Å². The molecule has 0 fully saturated rings. The Bertz CT molecular complexity index is 4390. The largest absolute Gasteiger partial charge is 0.309 e. The summed E-state index contributed by atoms with van der Waals surface area (Å²) in [4.78, 5) is 0. The molecule has 0 unspecified atom stereocenters. The van der Waals surface area contributed by atoms with Crippen molar-refractivity contribution in [3.8, 4) is 89.3 Å². The lowest BCUT2D eigenvalue weighted by atomic mass is 9.94. The van der Waals surface area contributed by atoms with Crippen LogP contribution in [0.5, 0.6) is 0 Å². The average Bonchev–Trinajstić information content (AvgIpc) is 4.03. The third kappa shape index (κ3) is 7.69. The number of hydrogen-bond acceptors (Lipinski definition) is 0. The molecule has 0 aliphatic heterocycles. The number of nitrogens with zero attached hydrogens (tertiary/aromatic N) is 2. The SMILES string of the molecule is c1ccc(-c2ccc(-n3c4ccccc4c4cc(-c5ccc6c(c5)c5ccccc5n6-c5cccc(-c6ccc(-c7cccc(-c8cccc(-c9cccc(-c%10ccccc%10)c9)c8)c7)cc6)c5)ccc43)cc2)cc1. The van der Waals surface area contributed by atoms with Crippen LogP contribution in [0.25, 0.3) is 133 Å². The minimum atomic E-state index is 1.14. The summed E-state index contributed by atoms with van der Waals surface area (Å²) in [6, 6.07) is 106. The number of para-hydroxylation sites is 2. The fourth-order valence-electron chi connectivity index (χ4n) is 11.2. The lowest BCUT2D eigenvalue weighted by Crippen LogP contribution is -1.94. The van der Waals surface area contributed by atoms with Gasteiger partial charge in [-0.25, -0.2) is 0 Å². The molecule has 0 saturated heterocycles. The first-order valence-electron chi connectivity index (χ1n) is 25.5. The average molecular weight is 941 g/mol. The molecule has 12 aromatic carbocycles. The van der Waals surface area contributed by atoms with Crippen molar-refractivity contribution < 1.29 is 0 Å². The van der Waals surface area contributed by atoms with Crippen molar-refractivity contribution in [3.05, 3.63) is 291 Å². The number of aromatic nitrogens is 2. The lowest BCUT2D eigenvalue weighted by molar-refractivity contribution is 1.18. The van der Waals surface area contributed by atoms with Gasteiger partial charge in [0.15, 0.2) is 0 Å². The van der Waals surface area contributed by atoms with Crippen LogP contribution in [0.3, 0.4) is 0 Å². The zero-order chi connectivity index (χ0) is 49.0. The van der Waals surface area contributed by atoms with Crippen LogP contribution in [0.15, 0.2) is 291 Å². The van der Waals surface area contributed by atoms with Crippen LogP contribution >= 0.6 is 0 Å². The van der Waals surface area contributed by atoms with Gasteiger partial charge in [-0.2, -0.15) is 0 Å². The molecule has 0 bridgehead atoms. The molecule has 0 radical (unpaired) electrons. The first-order chi connectivity index (χ1) is 36.7. The minimum Gasteiger partial charge on any atom is -0.309 e. The first-order valence-corrected chi connectivity index (χ1v) is 25.5. The minimum absolute atomic E-state index is 1.14. The molecule has 0 aliphatic carbocycles. The fraction of sp³-hybridized carbons (Fsp3) is 0. The summed E-state index contributed by atoms with van der Waals surface area (Å²) >= 11 is 0. The van der Waals surface area contributed by atoms with Crippen molar-refractivity contribution in [2.24, 2.45) is 0 Å².